The maximum Gasteiger partial charge on any atom is 0.0249 e. The third kappa shape index (κ3) is 8.70. The van der Waals surface area contributed by atoms with Crippen LogP contribution >= 0.6 is 43.6 Å². The van der Waals surface area contributed by atoms with Crippen molar-refractivity contribution in [3.8, 4) is 0 Å². The van der Waals surface area contributed by atoms with Crippen molar-refractivity contribution in [1.82, 2.24) is 0 Å². The van der Waals surface area contributed by atoms with Gasteiger partial charge in [-0.15, -0.1) is 11.8 Å². The molecule has 64 valence electrons. The van der Waals surface area contributed by atoms with Gasteiger partial charge in [0.25, 0.3) is 0 Å². The molecule has 0 rings (SSSR count). The molecular formula is C8H12Br2S. The Balaban J connectivity index is 3.30. The highest BCUT2D eigenvalue weighted by Crippen LogP contribution is 2.13. The van der Waals surface area contributed by atoms with Crippen molar-refractivity contribution >= 4 is 43.6 Å². The Morgan fingerprint density at radius 3 is 2.82 bits per heavy atom. The van der Waals surface area contributed by atoms with Crippen LogP contribution in [0.3, 0.4) is 0 Å². The minimum Gasteiger partial charge on any atom is -0.134 e. The van der Waals surface area contributed by atoms with E-state index in [4.69, 9.17) is 0 Å². The van der Waals surface area contributed by atoms with Crippen LogP contribution in [0.4, 0.5) is 0 Å². The fourth-order valence-corrected chi connectivity index (χ4v) is 1.74. The summed E-state index contributed by atoms with van der Waals surface area (Å²) in [5.74, 6) is 1.22. The van der Waals surface area contributed by atoms with E-state index in [9.17, 15) is 0 Å². The van der Waals surface area contributed by atoms with Crippen molar-refractivity contribution in [3.63, 3.8) is 0 Å². The standard InChI is InChI=1S/C8H12Br2S/c1-2-3-5-11-6-4-8(10)7-9/h4,6-7H,2-3,5H2,1H3/b6-4+,8-7-. The van der Waals surface area contributed by atoms with Gasteiger partial charge in [0, 0.05) is 4.48 Å². The lowest BCUT2D eigenvalue weighted by Crippen LogP contribution is -1.72. The monoisotopic (exact) mass is 298 g/mol. The molecular weight excluding hydrogens is 288 g/mol. The number of hydrogen-bond donors (Lipinski definition) is 0. The molecule has 11 heavy (non-hydrogen) atoms. The third-order valence-corrected chi connectivity index (χ3v) is 3.50. The van der Waals surface area contributed by atoms with Crippen molar-refractivity contribution in [3.05, 3.63) is 21.0 Å². The molecule has 0 aliphatic rings. The molecule has 0 radical (unpaired) electrons. The van der Waals surface area contributed by atoms with Gasteiger partial charge in [0.1, 0.15) is 0 Å². The smallest absolute Gasteiger partial charge is 0.0249 e. The highest BCUT2D eigenvalue weighted by Gasteiger charge is 1.83. The highest BCUT2D eigenvalue weighted by atomic mass is 79.9. The van der Waals surface area contributed by atoms with Gasteiger partial charge in [-0.2, -0.15) is 0 Å². The Kier molecular flexibility index (Phi) is 9.52. The maximum absolute atomic E-state index is 3.36. The van der Waals surface area contributed by atoms with Crippen molar-refractivity contribution in [1.29, 1.82) is 0 Å². The van der Waals surface area contributed by atoms with E-state index in [1.54, 1.807) is 0 Å². The van der Waals surface area contributed by atoms with Crippen LogP contribution in [0.25, 0.3) is 0 Å². The molecule has 0 aromatic rings. The molecule has 0 nitrogen and oxygen atoms in total. The van der Waals surface area contributed by atoms with E-state index in [2.05, 4.69) is 44.2 Å². The van der Waals surface area contributed by atoms with E-state index in [1.807, 2.05) is 22.8 Å². The van der Waals surface area contributed by atoms with Gasteiger partial charge in [-0.05, 0) is 28.6 Å². The SMILES string of the molecule is CCCCS/C=C/C(Br)=C/Br. The average Bonchev–Trinajstić information content (AvgIpc) is 2.04. The summed E-state index contributed by atoms with van der Waals surface area (Å²) in [7, 11) is 0. The summed E-state index contributed by atoms with van der Waals surface area (Å²) < 4.78 is 1.07. The Hall–Kier alpha value is 0.790. The van der Waals surface area contributed by atoms with Gasteiger partial charge in [0.15, 0.2) is 0 Å². The summed E-state index contributed by atoms with van der Waals surface area (Å²) in [5, 5.41) is 2.11. The summed E-state index contributed by atoms with van der Waals surface area (Å²) in [5.41, 5.74) is 0. The highest BCUT2D eigenvalue weighted by molar-refractivity contribution is 9.14. The van der Waals surface area contributed by atoms with Crippen molar-refractivity contribution in [2.45, 2.75) is 19.8 Å². The molecule has 0 aromatic heterocycles. The Labute approximate surface area is 89.8 Å². The predicted octanol–water partition coefficient (Wildman–Crippen LogP) is 4.66. The lowest BCUT2D eigenvalue weighted by molar-refractivity contribution is 0.898. The number of halogens is 2. The molecule has 0 spiro atoms. The van der Waals surface area contributed by atoms with Crippen LogP contribution in [0, 0.1) is 0 Å². The van der Waals surface area contributed by atoms with Gasteiger partial charge >= 0.3 is 0 Å². The first kappa shape index (κ1) is 11.8. The van der Waals surface area contributed by atoms with Crippen LogP contribution in [0.2, 0.25) is 0 Å². The van der Waals surface area contributed by atoms with Crippen molar-refractivity contribution < 1.29 is 0 Å². The fourth-order valence-electron chi connectivity index (χ4n) is 0.445. The van der Waals surface area contributed by atoms with Gasteiger partial charge in [-0.1, -0.05) is 45.2 Å². The van der Waals surface area contributed by atoms with Gasteiger partial charge in [0.05, 0.1) is 0 Å². The number of hydrogen-bond acceptors (Lipinski definition) is 1. The van der Waals surface area contributed by atoms with E-state index in [-0.39, 0.29) is 0 Å². The zero-order chi connectivity index (χ0) is 8.53. The molecule has 0 amide bonds. The summed E-state index contributed by atoms with van der Waals surface area (Å²) in [6.07, 6.45) is 4.61. The van der Waals surface area contributed by atoms with Crippen LogP contribution in [-0.2, 0) is 0 Å². The third-order valence-electron chi connectivity index (χ3n) is 1.04. The zero-order valence-electron chi connectivity index (χ0n) is 6.52. The molecule has 0 saturated heterocycles. The van der Waals surface area contributed by atoms with Crippen molar-refractivity contribution in [2.75, 3.05) is 5.75 Å². The molecule has 0 N–H and O–H groups in total. The number of unbranched alkanes of at least 4 members (excludes halogenated alkanes) is 1. The van der Waals surface area contributed by atoms with E-state index < -0.39 is 0 Å². The second-order valence-corrected chi connectivity index (χ2v) is 4.41. The molecule has 0 bridgehead atoms. The fraction of sp³-hybridized carbons (Fsp3) is 0.500. The minimum absolute atomic E-state index is 1.07. The molecule has 3 heteroatoms. The van der Waals surface area contributed by atoms with E-state index in [0.29, 0.717) is 0 Å². The molecule has 0 fully saturated rings. The average molecular weight is 300 g/mol. The summed E-state index contributed by atoms with van der Waals surface area (Å²) >= 11 is 8.44. The van der Waals surface area contributed by atoms with Crippen LogP contribution in [0.5, 0.6) is 0 Å². The quantitative estimate of drug-likeness (QED) is 0.525. The lowest BCUT2D eigenvalue weighted by Gasteiger charge is -1.90. The molecule has 0 atom stereocenters. The second kappa shape index (κ2) is 8.88. The zero-order valence-corrected chi connectivity index (χ0v) is 10.5. The largest absolute Gasteiger partial charge is 0.134 e. The summed E-state index contributed by atoms with van der Waals surface area (Å²) in [6.45, 7) is 2.21. The van der Waals surface area contributed by atoms with E-state index >= 15 is 0 Å². The topological polar surface area (TPSA) is 0 Å². The van der Waals surface area contributed by atoms with Crippen molar-refractivity contribution in [2.24, 2.45) is 0 Å². The van der Waals surface area contributed by atoms with Gasteiger partial charge in [-0.3, -0.25) is 0 Å². The molecule has 0 aliphatic heterocycles. The van der Waals surface area contributed by atoms with Crippen LogP contribution in [0.1, 0.15) is 19.8 Å². The number of rotatable bonds is 5. The first-order chi connectivity index (χ1) is 5.31. The number of allylic oxidation sites excluding steroid dienone is 2. The molecule has 0 heterocycles. The van der Waals surface area contributed by atoms with Gasteiger partial charge in [-0.25, -0.2) is 0 Å². The van der Waals surface area contributed by atoms with E-state index in [1.165, 1.54) is 18.6 Å². The van der Waals surface area contributed by atoms with Crippen LogP contribution in [-0.4, -0.2) is 5.75 Å². The maximum atomic E-state index is 3.36. The second-order valence-electron chi connectivity index (χ2n) is 2.02. The molecule has 0 saturated carbocycles. The van der Waals surface area contributed by atoms with Crippen LogP contribution < -0.4 is 0 Å². The first-order valence-corrected chi connectivity index (χ1v) is 6.31. The normalized spacial score (nSPS) is 12.8. The molecule has 0 aromatic carbocycles. The van der Waals surface area contributed by atoms with Gasteiger partial charge in [0.2, 0.25) is 0 Å². The van der Waals surface area contributed by atoms with E-state index in [0.717, 1.165) is 4.48 Å². The Bertz CT molecular complexity index is 141. The molecule has 0 unspecified atom stereocenters. The first-order valence-electron chi connectivity index (χ1n) is 3.55. The Morgan fingerprint density at radius 1 is 1.55 bits per heavy atom. The van der Waals surface area contributed by atoms with Crippen LogP contribution in [0.15, 0.2) is 21.0 Å². The minimum atomic E-state index is 1.07. The van der Waals surface area contributed by atoms with Gasteiger partial charge < -0.3 is 0 Å². The number of thioether (sulfide) groups is 1. The molecule has 0 aliphatic carbocycles. The summed E-state index contributed by atoms with van der Waals surface area (Å²) in [6, 6.07) is 0. The Morgan fingerprint density at radius 2 is 2.27 bits per heavy atom. The summed E-state index contributed by atoms with van der Waals surface area (Å²) in [4.78, 5) is 1.85. The lowest BCUT2D eigenvalue weighted by atomic mass is 10.4. The predicted molar refractivity (Wildman–Crippen MR) is 62.4 cm³/mol.